The molecule has 0 bridgehead atoms. The first-order chi connectivity index (χ1) is 7.36. The molecule has 0 atom stereocenters. The second kappa shape index (κ2) is 7.35. The molecule has 0 aromatic heterocycles. The van der Waals surface area contributed by atoms with E-state index in [2.05, 4.69) is 41.8 Å². The third-order valence-corrected chi connectivity index (χ3v) is 5.42. The Balaban J connectivity index is 0.00000128. The quantitative estimate of drug-likeness (QED) is 0.600. The molecule has 1 aliphatic heterocycles. The van der Waals surface area contributed by atoms with Crippen molar-refractivity contribution in [1.82, 2.24) is 4.90 Å². The zero-order valence-corrected chi connectivity index (χ0v) is 11.6. The van der Waals surface area contributed by atoms with Crippen molar-refractivity contribution < 1.29 is 18.9 Å². The Labute approximate surface area is 113 Å². The Kier molecular flexibility index (Phi) is 6.45. The van der Waals surface area contributed by atoms with Crippen LogP contribution in [-0.4, -0.2) is 33.0 Å². The van der Waals surface area contributed by atoms with Crippen molar-refractivity contribution in [3.8, 4) is 0 Å². The molecule has 1 heterocycles. The smallest absolute Gasteiger partial charge is 0.333 e. The van der Waals surface area contributed by atoms with Gasteiger partial charge >= 0.3 is 18.9 Å². The molecule has 82 valence electrons. The second-order valence-electron chi connectivity index (χ2n) is 4.48. The molecule has 1 aliphatic rings. The number of hydrogen-bond acceptors (Lipinski definition) is 1. The zero-order valence-electron chi connectivity index (χ0n) is 10.6. The molecule has 1 saturated heterocycles. The molecule has 3 heteroatoms. The zero-order chi connectivity index (χ0) is 10.5. The second-order valence-corrected chi connectivity index (χ2v) is 6.94. The summed E-state index contributed by atoms with van der Waals surface area (Å²) >= 11 is 0. The normalized spacial score (nSPS) is 16.6. The molecule has 0 N–H and O–H groups in total. The third-order valence-electron chi connectivity index (χ3n) is 3.18. The van der Waals surface area contributed by atoms with Gasteiger partial charge in [-0.3, -0.25) is 8.80 Å². The van der Waals surface area contributed by atoms with Crippen molar-refractivity contribution >= 4 is 14.0 Å². The van der Waals surface area contributed by atoms with Gasteiger partial charge in [-0.1, -0.05) is 36.8 Å². The van der Waals surface area contributed by atoms with Crippen molar-refractivity contribution in [2.24, 2.45) is 0 Å². The minimum atomic E-state index is -0.340. The van der Waals surface area contributed by atoms with Gasteiger partial charge in [0.25, 0.3) is 0 Å². The summed E-state index contributed by atoms with van der Waals surface area (Å²) in [5.74, 6) is 0. The number of hydrogen-bond donors (Lipinski definition) is 0. The predicted molar refractivity (Wildman–Crippen MR) is 68.0 cm³/mol. The average Bonchev–Trinajstić information content (AvgIpc) is 2.31. The summed E-state index contributed by atoms with van der Waals surface area (Å²) in [6.45, 7) is 5.10. The van der Waals surface area contributed by atoms with Crippen LogP contribution in [-0.2, 0) is 0 Å². The number of piperidine rings is 1. The fourth-order valence-electron chi connectivity index (χ4n) is 2.27. The van der Waals surface area contributed by atoms with Gasteiger partial charge in [0.15, 0.2) is 0 Å². The first kappa shape index (κ1) is 14.1. The van der Waals surface area contributed by atoms with E-state index in [1.54, 1.807) is 5.19 Å². The standard InChI is InChI=1S/C13H20NSi.Li/c1-15(13-8-4-2-5-9-13)12-14-10-6-3-7-11-14;/h2,4-5,8-9H,3,6-7,10-12H2,1H3;/q-1;+1. The van der Waals surface area contributed by atoms with E-state index < -0.39 is 0 Å². The molecule has 0 radical (unpaired) electrons. The fraction of sp³-hybridized carbons (Fsp3) is 0.538. The van der Waals surface area contributed by atoms with Crippen LogP contribution in [0.15, 0.2) is 30.3 Å². The minimum absolute atomic E-state index is 0. The van der Waals surface area contributed by atoms with Gasteiger partial charge in [-0.05, 0) is 25.9 Å². The summed E-state index contributed by atoms with van der Waals surface area (Å²) < 4.78 is 0. The Morgan fingerprint density at radius 3 is 2.31 bits per heavy atom. The molecule has 0 saturated carbocycles. The average molecular weight is 225 g/mol. The first-order valence-corrected chi connectivity index (χ1v) is 8.17. The maximum absolute atomic E-state index is 2.66. The molecule has 16 heavy (non-hydrogen) atoms. The molecule has 0 aliphatic carbocycles. The summed E-state index contributed by atoms with van der Waals surface area (Å²) in [6, 6.07) is 11.0. The van der Waals surface area contributed by atoms with Crippen LogP contribution in [0.1, 0.15) is 19.3 Å². The Hall–Kier alpha value is -0.00571. The van der Waals surface area contributed by atoms with Crippen LogP contribution < -0.4 is 24.0 Å². The van der Waals surface area contributed by atoms with E-state index in [1.165, 1.54) is 38.5 Å². The molecular formula is C13H20LiNSi. The van der Waals surface area contributed by atoms with Gasteiger partial charge in [0.05, 0.1) is 0 Å². The van der Waals surface area contributed by atoms with Crippen molar-refractivity contribution in [1.29, 1.82) is 0 Å². The van der Waals surface area contributed by atoms with Crippen LogP contribution in [0.3, 0.4) is 0 Å². The number of likely N-dealkylation sites (tertiary alicyclic amines) is 1. The monoisotopic (exact) mass is 225 g/mol. The van der Waals surface area contributed by atoms with Gasteiger partial charge in [0.1, 0.15) is 0 Å². The van der Waals surface area contributed by atoms with Crippen LogP contribution in [0.5, 0.6) is 0 Å². The van der Waals surface area contributed by atoms with E-state index >= 15 is 0 Å². The first-order valence-electron chi connectivity index (χ1n) is 5.96. The fourth-order valence-corrected chi connectivity index (χ4v) is 4.20. The molecule has 0 unspecified atom stereocenters. The topological polar surface area (TPSA) is 3.24 Å². The van der Waals surface area contributed by atoms with Crippen LogP contribution >= 0.6 is 0 Å². The van der Waals surface area contributed by atoms with Crippen molar-refractivity contribution in [2.45, 2.75) is 25.8 Å². The van der Waals surface area contributed by atoms with Crippen LogP contribution in [0.25, 0.3) is 0 Å². The predicted octanol–water partition coefficient (Wildman–Crippen LogP) is -0.953. The molecule has 0 spiro atoms. The van der Waals surface area contributed by atoms with E-state index in [1.807, 2.05) is 0 Å². The van der Waals surface area contributed by atoms with Crippen molar-refractivity contribution in [3.05, 3.63) is 30.3 Å². The van der Waals surface area contributed by atoms with Crippen molar-refractivity contribution in [2.75, 3.05) is 19.3 Å². The number of nitrogens with zero attached hydrogens (tertiary/aromatic N) is 1. The van der Waals surface area contributed by atoms with E-state index in [4.69, 9.17) is 0 Å². The molecule has 1 fully saturated rings. The van der Waals surface area contributed by atoms with Crippen LogP contribution in [0.2, 0.25) is 6.55 Å². The van der Waals surface area contributed by atoms with Gasteiger partial charge in [-0.15, -0.1) is 6.17 Å². The molecule has 0 amide bonds. The van der Waals surface area contributed by atoms with Gasteiger partial charge < -0.3 is 4.90 Å². The third kappa shape index (κ3) is 4.10. The molecular weight excluding hydrogens is 205 g/mol. The van der Waals surface area contributed by atoms with Gasteiger partial charge in [0.2, 0.25) is 0 Å². The van der Waals surface area contributed by atoms with Gasteiger partial charge in [-0.25, -0.2) is 0 Å². The van der Waals surface area contributed by atoms with Crippen LogP contribution in [0.4, 0.5) is 0 Å². The van der Waals surface area contributed by atoms with Gasteiger partial charge in [0, 0.05) is 0 Å². The summed E-state index contributed by atoms with van der Waals surface area (Å²) in [5.41, 5.74) is 0. The molecule has 1 nitrogen and oxygen atoms in total. The number of benzene rings is 1. The van der Waals surface area contributed by atoms with E-state index in [0.717, 1.165) is 0 Å². The summed E-state index contributed by atoms with van der Waals surface area (Å²) in [4.78, 5) is 2.66. The SMILES string of the molecule is C[Si-](CN1CCCCC1)c1ccccc1.[Li+]. The van der Waals surface area contributed by atoms with Crippen LogP contribution in [0, 0.1) is 0 Å². The number of rotatable bonds is 3. The maximum atomic E-state index is 2.66. The van der Waals surface area contributed by atoms with E-state index in [-0.39, 0.29) is 27.7 Å². The Morgan fingerprint density at radius 2 is 1.69 bits per heavy atom. The largest absolute Gasteiger partial charge is 1.00 e. The van der Waals surface area contributed by atoms with Gasteiger partial charge in [-0.2, -0.15) is 11.7 Å². The Bertz CT molecular complexity index is 285. The molecule has 1 aromatic carbocycles. The minimum Gasteiger partial charge on any atom is -0.333 e. The maximum Gasteiger partial charge on any atom is 1.00 e. The molecule has 1 aromatic rings. The summed E-state index contributed by atoms with van der Waals surface area (Å²) in [7, 11) is -0.340. The van der Waals surface area contributed by atoms with E-state index in [9.17, 15) is 0 Å². The van der Waals surface area contributed by atoms with Crippen molar-refractivity contribution in [3.63, 3.8) is 0 Å². The summed E-state index contributed by atoms with van der Waals surface area (Å²) in [5, 5.41) is 1.58. The molecule has 2 rings (SSSR count). The summed E-state index contributed by atoms with van der Waals surface area (Å²) in [6.07, 6.45) is 5.58. The van der Waals surface area contributed by atoms with E-state index in [0.29, 0.717) is 0 Å². The Morgan fingerprint density at radius 1 is 1.06 bits per heavy atom.